The van der Waals surface area contributed by atoms with Gasteiger partial charge in [0.1, 0.15) is 5.82 Å². The number of halogens is 1. The second-order valence-electron chi connectivity index (χ2n) is 4.46. The Morgan fingerprint density at radius 1 is 1.60 bits per heavy atom. The SMILES string of the molecule is CC1(CO)CCN(c2cccc(F)n2)C1. The number of anilines is 1. The molecule has 0 spiro atoms. The summed E-state index contributed by atoms with van der Waals surface area (Å²) in [5, 5.41) is 9.22. The molecule has 0 radical (unpaired) electrons. The van der Waals surface area contributed by atoms with E-state index in [0.29, 0.717) is 5.82 Å². The fraction of sp³-hybridized carbons (Fsp3) is 0.545. The highest BCUT2D eigenvalue weighted by Crippen LogP contribution is 2.31. The highest BCUT2D eigenvalue weighted by molar-refractivity contribution is 5.39. The van der Waals surface area contributed by atoms with Crippen molar-refractivity contribution in [2.75, 3.05) is 24.6 Å². The number of hydrogen-bond acceptors (Lipinski definition) is 3. The van der Waals surface area contributed by atoms with E-state index in [1.54, 1.807) is 12.1 Å². The fourth-order valence-corrected chi connectivity index (χ4v) is 1.92. The lowest BCUT2D eigenvalue weighted by molar-refractivity contribution is 0.162. The van der Waals surface area contributed by atoms with Crippen LogP contribution in [0.5, 0.6) is 0 Å². The summed E-state index contributed by atoms with van der Waals surface area (Å²) in [6.45, 7) is 3.76. The number of rotatable bonds is 2. The quantitative estimate of drug-likeness (QED) is 0.750. The molecule has 1 fully saturated rings. The summed E-state index contributed by atoms with van der Waals surface area (Å²) in [5.74, 6) is 0.206. The summed E-state index contributed by atoms with van der Waals surface area (Å²) in [5.41, 5.74) is -0.0754. The molecule has 0 saturated carbocycles. The van der Waals surface area contributed by atoms with Gasteiger partial charge in [0, 0.05) is 18.5 Å². The lowest BCUT2D eigenvalue weighted by Crippen LogP contribution is -2.28. The van der Waals surface area contributed by atoms with E-state index in [1.165, 1.54) is 6.07 Å². The Balaban J connectivity index is 2.14. The number of hydrogen-bond donors (Lipinski definition) is 1. The summed E-state index contributed by atoms with van der Waals surface area (Å²) >= 11 is 0. The van der Waals surface area contributed by atoms with Crippen LogP contribution in [0.15, 0.2) is 18.2 Å². The van der Waals surface area contributed by atoms with Crippen LogP contribution in [0.2, 0.25) is 0 Å². The first-order valence-electron chi connectivity index (χ1n) is 5.11. The summed E-state index contributed by atoms with van der Waals surface area (Å²) in [6, 6.07) is 4.79. The average molecular weight is 210 g/mol. The number of aromatic nitrogens is 1. The first-order valence-corrected chi connectivity index (χ1v) is 5.11. The van der Waals surface area contributed by atoms with Gasteiger partial charge in [-0.15, -0.1) is 0 Å². The van der Waals surface area contributed by atoms with E-state index < -0.39 is 5.95 Å². The van der Waals surface area contributed by atoms with E-state index in [-0.39, 0.29) is 12.0 Å². The van der Waals surface area contributed by atoms with Crippen molar-refractivity contribution in [1.82, 2.24) is 4.98 Å². The van der Waals surface area contributed by atoms with Gasteiger partial charge >= 0.3 is 0 Å². The first-order chi connectivity index (χ1) is 7.13. The molecule has 82 valence electrons. The van der Waals surface area contributed by atoms with Gasteiger partial charge in [0.05, 0.1) is 6.61 Å². The number of aliphatic hydroxyl groups is 1. The van der Waals surface area contributed by atoms with Crippen molar-refractivity contribution in [3.8, 4) is 0 Å². The van der Waals surface area contributed by atoms with Crippen LogP contribution >= 0.6 is 0 Å². The van der Waals surface area contributed by atoms with Gasteiger partial charge in [0.25, 0.3) is 0 Å². The van der Waals surface area contributed by atoms with Gasteiger partial charge in [-0.2, -0.15) is 4.39 Å². The molecule has 3 nitrogen and oxygen atoms in total. The maximum Gasteiger partial charge on any atom is 0.214 e. The van der Waals surface area contributed by atoms with Gasteiger partial charge in [-0.25, -0.2) is 4.98 Å². The Labute approximate surface area is 88.6 Å². The molecular formula is C11H15FN2O. The maximum absolute atomic E-state index is 12.9. The molecule has 0 aromatic carbocycles. The minimum atomic E-state index is -0.454. The van der Waals surface area contributed by atoms with E-state index in [1.807, 2.05) is 11.8 Å². The topological polar surface area (TPSA) is 36.4 Å². The summed E-state index contributed by atoms with van der Waals surface area (Å²) in [4.78, 5) is 5.85. The van der Waals surface area contributed by atoms with Crippen LogP contribution in [-0.4, -0.2) is 29.8 Å². The highest BCUT2D eigenvalue weighted by Gasteiger charge is 2.33. The molecule has 1 N–H and O–H groups in total. The standard InChI is InChI=1S/C11H15FN2O/c1-11(8-15)5-6-14(7-11)10-4-2-3-9(12)13-10/h2-4,15H,5-8H2,1H3. The van der Waals surface area contributed by atoms with Crippen LogP contribution in [0.3, 0.4) is 0 Å². The Kier molecular flexibility index (Phi) is 2.61. The second-order valence-corrected chi connectivity index (χ2v) is 4.46. The van der Waals surface area contributed by atoms with Crippen LogP contribution < -0.4 is 4.90 Å². The molecule has 1 aliphatic rings. The zero-order valence-corrected chi connectivity index (χ0v) is 8.78. The van der Waals surface area contributed by atoms with Crippen molar-refractivity contribution in [3.63, 3.8) is 0 Å². The minimum absolute atomic E-state index is 0.0754. The second kappa shape index (κ2) is 3.77. The first kappa shape index (κ1) is 10.4. The van der Waals surface area contributed by atoms with E-state index in [0.717, 1.165) is 19.5 Å². The van der Waals surface area contributed by atoms with Crippen molar-refractivity contribution in [1.29, 1.82) is 0 Å². The highest BCUT2D eigenvalue weighted by atomic mass is 19.1. The molecule has 1 aromatic rings. The third-order valence-electron chi connectivity index (χ3n) is 2.96. The van der Waals surface area contributed by atoms with Crippen LogP contribution in [0.25, 0.3) is 0 Å². The monoisotopic (exact) mass is 210 g/mol. The van der Waals surface area contributed by atoms with Gasteiger partial charge in [0.2, 0.25) is 5.95 Å². The minimum Gasteiger partial charge on any atom is -0.396 e. The zero-order chi connectivity index (χ0) is 10.9. The van der Waals surface area contributed by atoms with Crippen LogP contribution in [-0.2, 0) is 0 Å². The Morgan fingerprint density at radius 2 is 2.40 bits per heavy atom. The molecule has 2 heterocycles. The number of nitrogens with zero attached hydrogens (tertiary/aromatic N) is 2. The molecule has 1 aromatic heterocycles. The van der Waals surface area contributed by atoms with Crippen molar-refractivity contribution in [2.24, 2.45) is 5.41 Å². The Bertz CT molecular complexity index is 358. The molecule has 0 amide bonds. The molecule has 1 saturated heterocycles. The smallest absolute Gasteiger partial charge is 0.214 e. The van der Waals surface area contributed by atoms with Crippen molar-refractivity contribution in [2.45, 2.75) is 13.3 Å². The normalized spacial score (nSPS) is 25.9. The number of pyridine rings is 1. The summed E-state index contributed by atoms with van der Waals surface area (Å²) < 4.78 is 12.9. The molecule has 0 aliphatic carbocycles. The van der Waals surface area contributed by atoms with Crippen LogP contribution in [0.4, 0.5) is 10.2 Å². The molecule has 1 atom stereocenters. The van der Waals surface area contributed by atoms with Gasteiger partial charge in [-0.05, 0) is 18.6 Å². The molecule has 2 rings (SSSR count). The Morgan fingerprint density at radius 3 is 3.00 bits per heavy atom. The predicted molar refractivity (Wildman–Crippen MR) is 56.2 cm³/mol. The van der Waals surface area contributed by atoms with Crippen LogP contribution in [0.1, 0.15) is 13.3 Å². The van der Waals surface area contributed by atoms with E-state index >= 15 is 0 Å². The molecule has 4 heteroatoms. The van der Waals surface area contributed by atoms with E-state index in [4.69, 9.17) is 0 Å². The van der Waals surface area contributed by atoms with Gasteiger partial charge < -0.3 is 10.0 Å². The van der Waals surface area contributed by atoms with E-state index in [2.05, 4.69) is 4.98 Å². The molecule has 1 aliphatic heterocycles. The summed E-state index contributed by atoms with van der Waals surface area (Å²) in [7, 11) is 0. The fourth-order valence-electron chi connectivity index (χ4n) is 1.92. The molecular weight excluding hydrogens is 195 g/mol. The predicted octanol–water partition coefficient (Wildman–Crippen LogP) is 1.43. The van der Waals surface area contributed by atoms with Gasteiger partial charge in [-0.3, -0.25) is 0 Å². The lowest BCUT2D eigenvalue weighted by Gasteiger charge is -2.22. The largest absolute Gasteiger partial charge is 0.396 e. The van der Waals surface area contributed by atoms with Gasteiger partial charge in [-0.1, -0.05) is 13.0 Å². The summed E-state index contributed by atoms with van der Waals surface area (Å²) in [6.07, 6.45) is 0.918. The molecule has 0 bridgehead atoms. The van der Waals surface area contributed by atoms with Gasteiger partial charge in [0.15, 0.2) is 0 Å². The zero-order valence-electron chi connectivity index (χ0n) is 8.78. The molecule has 15 heavy (non-hydrogen) atoms. The average Bonchev–Trinajstić information content (AvgIpc) is 2.62. The third kappa shape index (κ3) is 2.09. The molecule has 1 unspecified atom stereocenters. The van der Waals surface area contributed by atoms with Crippen molar-refractivity contribution >= 4 is 5.82 Å². The maximum atomic E-state index is 12.9. The Hall–Kier alpha value is -1.16. The number of aliphatic hydroxyl groups excluding tert-OH is 1. The van der Waals surface area contributed by atoms with E-state index in [9.17, 15) is 9.50 Å². The third-order valence-corrected chi connectivity index (χ3v) is 2.96. The van der Waals surface area contributed by atoms with Crippen LogP contribution in [0, 0.1) is 11.4 Å². The lowest BCUT2D eigenvalue weighted by atomic mass is 9.91. The van der Waals surface area contributed by atoms with Crippen molar-refractivity contribution < 1.29 is 9.50 Å². The van der Waals surface area contributed by atoms with Crippen molar-refractivity contribution in [3.05, 3.63) is 24.1 Å².